The first-order valence-corrected chi connectivity index (χ1v) is 7.27. The minimum Gasteiger partial charge on any atom is -0.156 e. The Balaban J connectivity index is 2.22. The van der Waals surface area contributed by atoms with Crippen molar-refractivity contribution in [2.24, 2.45) is 14.1 Å². The van der Waals surface area contributed by atoms with E-state index in [1.54, 1.807) is 0 Å². The van der Waals surface area contributed by atoms with Crippen LogP contribution in [0, 0.1) is 13.8 Å². The Morgan fingerprint density at radius 2 is 1.33 bits per heavy atom. The van der Waals surface area contributed by atoms with Crippen molar-refractivity contribution in [2.75, 3.05) is 0 Å². The normalized spacial score (nSPS) is 10.9. The SMILES string of the molecule is Cc1ccccc1-c1cc(-c2ccccc2C)[n+](C)n1C. The lowest BCUT2D eigenvalue weighted by atomic mass is 10.0. The zero-order valence-corrected chi connectivity index (χ0v) is 13.1. The van der Waals surface area contributed by atoms with Gasteiger partial charge in [0.1, 0.15) is 5.69 Å². The van der Waals surface area contributed by atoms with Crippen LogP contribution in [0.1, 0.15) is 11.1 Å². The zero-order valence-electron chi connectivity index (χ0n) is 13.1. The molecule has 0 spiro atoms. The predicted octanol–water partition coefficient (Wildman–Crippen LogP) is 3.80. The van der Waals surface area contributed by atoms with Gasteiger partial charge in [-0.3, -0.25) is 0 Å². The van der Waals surface area contributed by atoms with Gasteiger partial charge >= 0.3 is 0 Å². The van der Waals surface area contributed by atoms with Crippen LogP contribution >= 0.6 is 0 Å². The van der Waals surface area contributed by atoms with Crippen LogP contribution in [-0.2, 0) is 14.1 Å². The van der Waals surface area contributed by atoms with Gasteiger partial charge in [-0.05, 0) is 31.0 Å². The quantitative estimate of drug-likeness (QED) is 0.630. The lowest BCUT2D eigenvalue weighted by Crippen LogP contribution is -2.39. The Morgan fingerprint density at radius 3 is 1.90 bits per heavy atom. The summed E-state index contributed by atoms with van der Waals surface area (Å²) in [5, 5.41) is 0. The second-order valence-corrected chi connectivity index (χ2v) is 5.59. The number of nitrogens with zero attached hydrogens (tertiary/aromatic N) is 2. The lowest BCUT2D eigenvalue weighted by molar-refractivity contribution is -0.740. The van der Waals surface area contributed by atoms with Crippen molar-refractivity contribution in [3.63, 3.8) is 0 Å². The molecule has 0 N–H and O–H groups in total. The molecule has 2 aromatic carbocycles. The maximum atomic E-state index is 2.28. The van der Waals surface area contributed by atoms with E-state index in [4.69, 9.17) is 0 Å². The molecule has 0 radical (unpaired) electrons. The van der Waals surface area contributed by atoms with Crippen molar-refractivity contribution in [3.05, 3.63) is 65.7 Å². The zero-order chi connectivity index (χ0) is 15.0. The summed E-state index contributed by atoms with van der Waals surface area (Å²) in [4.78, 5) is 0. The van der Waals surface area contributed by atoms with Gasteiger partial charge in [0.05, 0.1) is 12.6 Å². The highest BCUT2D eigenvalue weighted by molar-refractivity contribution is 5.70. The molecule has 0 aliphatic carbocycles. The lowest BCUT2D eigenvalue weighted by Gasteiger charge is -2.03. The van der Waals surface area contributed by atoms with E-state index in [0.717, 1.165) is 0 Å². The van der Waals surface area contributed by atoms with Crippen molar-refractivity contribution in [1.29, 1.82) is 0 Å². The van der Waals surface area contributed by atoms with E-state index in [-0.39, 0.29) is 0 Å². The van der Waals surface area contributed by atoms with E-state index in [1.165, 1.54) is 33.6 Å². The van der Waals surface area contributed by atoms with Crippen molar-refractivity contribution >= 4 is 0 Å². The minimum absolute atomic E-state index is 1.24. The minimum atomic E-state index is 1.24. The molecule has 3 aromatic rings. The van der Waals surface area contributed by atoms with Crippen LogP contribution in [0.25, 0.3) is 22.5 Å². The summed E-state index contributed by atoms with van der Waals surface area (Å²) < 4.78 is 4.42. The average molecular weight is 277 g/mol. The molecule has 1 heterocycles. The molecule has 0 saturated heterocycles. The fraction of sp³-hybridized carbons (Fsp3) is 0.211. The topological polar surface area (TPSA) is 8.81 Å². The van der Waals surface area contributed by atoms with Gasteiger partial charge in [0.15, 0.2) is 7.05 Å². The Morgan fingerprint density at radius 1 is 0.810 bits per heavy atom. The van der Waals surface area contributed by atoms with Gasteiger partial charge in [-0.1, -0.05) is 42.5 Å². The fourth-order valence-electron chi connectivity index (χ4n) is 2.86. The smallest absolute Gasteiger partial charge is 0.156 e. The monoisotopic (exact) mass is 277 g/mol. The Labute approximate surface area is 126 Å². The molecule has 0 unspecified atom stereocenters. The standard InChI is InChI=1S/C19H21N2/c1-14-9-5-7-11-16(14)18-13-19(21(4)20(18)3)17-12-8-6-10-15(17)2/h5-13H,1-4H3/q+1. The van der Waals surface area contributed by atoms with Crippen molar-refractivity contribution in [3.8, 4) is 22.5 Å². The van der Waals surface area contributed by atoms with Gasteiger partial charge in [0.25, 0.3) is 0 Å². The summed E-state index contributed by atoms with van der Waals surface area (Å²) in [6.07, 6.45) is 0. The highest BCUT2D eigenvalue weighted by atomic mass is 15.4. The summed E-state index contributed by atoms with van der Waals surface area (Å²) in [6.45, 7) is 4.32. The molecule has 21 heavy (non-hydrogen) atoms. The molecule has 0 fully saturated rings. The summed E-state index contributed by atoms with van der Waals surface area (Å²) in [5.41, 5.74) is 7.67. The van der Waals surface area contributed by atoms with Gasteiger partial charge in [0.2, 0.25) is 5.69 Å². The highest BCUT2D eigenvalue weighted by Gasteiger charge is 2.21. The third-order valence-electron chi connectivity index (χ3n) is 4.26. The molecular weight excluding hydrogens is 256 g/mol. The predicted molar refractivity (Wildman–Crippen MR) is 86.9 cm³/mol. The summed E-state index contributed by atoms with van der Waals surface area (Å²) >= 11 is 0. The second kappa shape index (κ2) is 5.21. The summed E-state index contributed by atoms with van der Waals surface area (Å²) in [5.74, 6) is 0. The number of rotatable bonds is 2. The Bertz CT molecular complexity index is 731. The highest BCUT2D eigenvalue weighted by Crippen LogP contribution is 2.27. The maximum absolute atomic E-state index is 2.28. The fourth-order valence-corrected chi connectivity index (χ4v) is 2.86. The second-order valence-electron chi connectivity index (χ2n) is 5.59. The van der Waals surface area contributed by atoms with Crippen LogP contribution in [0.2, 0.25) is 0 Å². The van der Waals surface area contributed by atoms with Crippen LogP contribution in [-0.4, -0.2) is 4.68 Å². The van der Waals surface area contributed by atoms with Crippen LogP contribution in [0.4, 0.5) is 0 Å². The van der Waals surface area contributed by atoms with Crippen molar-refractivity contribution in [2.45, 2.75) is 13.8 Å². The summed E-state index contributed by atoms with van der Waals surface area (Å²) in [7, 11) is 4.23. The molecule has 0 bridgehead atoms. The molecule has 0 aliphatic rings. The van der Waals surface area contributed by atoms with Crippen LogP contribution in [0.3, 0.4) is 0 Å². The molecule has 0 aliphatic heterocycles. The molecule has 3 rings (SSSR count). The number of benzene rings is 2. The van der Waals surface area contributed by atoms with Crippen LogP contribution < -0.4 is 4.68 Å². The van der Waals surface area contributed by atoms with Crippen molar-refractivity contribution in [1.82, 2.24) is 4.68 Å². The Kier molecular flexibility index (Phi) is 3.38. The van der Waals surface area contributed by atoms with Gasteiger partial charge < -0.3 is 0 Å². The van der Waals surface area contributed by atoms with E-state index in [1.807, 2.05) is 0 Å². The summed E-state index contributed by atoms with van der Waals surface area (Å²) in [6, 6.07) is 19.4. The first-order chi connectivity index (χ1) is 10.1. The first-order valence-electron chi connectivity index (χ1n) is 7.27. The van der Waals surface area contributed by atoms with E-state index in [2.05, 4.69) is 91.9 Å². The van der Waals surface area contributed by atoms with Crippen LogP contribution in [0.15, 0.2) is 54.6 Å². The van der Waals surface area contributed by atoms with Crippen LogP contribution in [0.5, 0.6) is 0 Å². The molecule has 1 aromatic heterocycles. The number of aryl methyl sites for hydroxylation is 2. The van der Waals surface area contributed by atoms with E-state index in [0.29, 0.717) is 0 Å². The molecule has 0 atom stereocenters. The molecule has 0 saturated carbocycles. The van der Waals surface area contributed by atoms with Gasteiger partial charge in [-0.25, -0.2) is 0 Å². The average Bonchev–Trinajstić information content (AvgIpc) is 2.77. The molecule has 2 nitrogen and oxygen atoms in total. The third kappa shape index (κ3) is 2.27. The Hall–Kier alpha value is -2.35. The number of hydrogen-bond donors (Lipinski definition) is 0. The van der Waals surface area contributed by atoms with Gasteiger partial charge in [-0.15, -0.1) is 4.68 Å². The van der Waals surface area contributed by atoms with E-state index >= 15 is 0 Å². The van der Waals surface area contributed by atoms with Gasteiger partial charge in [0, 0.05) is 11.6 Å². The largest absolute Gasteiger partial charge is 0.239 e. The number of aromatic nitrogens is 2. The van der Waals surface area contributed by atoms with E-state index < -0.39 is 0 Å². The first kappa shape index (κ1) is 13.6. The molecule has 2 heteroatoms. The molecule has 0 amide bonds. The van der Waals surface area contributed by atoms with Gasteiger partial charge in [-0.2, -0.15) is 4.68 Å². The number of hydrogen-bond acceptors (Lipinski definition) is 0. The third-order valence-corrected chi connectivity index (χ3v) is 4.26. The van der Waals surface area contributed by atoms with E-state index in [9.17, 15) is 0 Å². The molecular formula is C19H21N2+. The maximum Gasteiger partial charge on any atom is 0.239 e. The van der Waals surface area contributed by atoms with Crippen molar-refractivity contribution < 1.29 is 4.68 Å². The molecule has 106 valence electrons.